The van der Waals surface area contributed by atoms with Gasteiger partial charge in [-0.2, -0.15) is 10.2 Å². The summed E-state index contributed by atoms with van der Waals surface area (Å²) in [6.45, 7) is 2.34. The largest absolute Gasteiger partial charge is 0.422 e. The lowest BCUT2D eigenvalue weighted by Crippen LogP contribution is -2.40. The van der Waals surface area contributed by atoms with Crippen LogP contribution in [-0.2, 0) is 6.67 Å². The summed E-state index contributed by atoms with van der Waals surface area (Å²) in [5.74, 6) is -0.203. The van der Waals surface area contributed by atoms with Crippen LogP contribution in [0.1, 0.15) is 22.6 Å². The molecule has 2 aromatic carbocycles. The van der Waals surface area contributed by atoms with E-state index in [4.69, 9.17) is 33.7 Å². The van der Waals surface area contributed by atoms with E-state index >= 15 is 0 Å². The summed E-state index contributed by atoms with van der Waals surface area (Å²) in [6.07, 6.45) is 0. The zero-order valence-electron chi connectivity index (χ0n) is 17.4. The molecule has 3 aromatic rings. The highest BCUT2D eigenvalue weighted by Crippen LogP contribution is 2.43. The Morgan fingerprint density at radius 2 is 2.00 bits per heavy atom. The van der Waals surface area contributed by atoms with Crippen molar-refractivity contribution in [3.05, 3.63) is 91.0 Å². The number of anilines is 1. The lowest BCUT2D eigenvalue weighted by Gasteiger charge is -2.33. The van der Waals surface area contributed by atoms with Crippen LogP contribution in [-0.4, -0.2) is 15.4 Å². The molecule has 10 heteroatoms. The van der Waals surface area contributed by atoms with Gasteiger partial charge in [0.05, 0.1) is 17.4 Å². The molecule has 1 unspecified atom stereocenters. The van der Waals surface area contributed by atoms with E-state index in [0.29, 0.717) is 33.3 Å². The molecule has 2 aliphatic heterocycles. The van der Waals surface area contributed by atoms with Gasteiger partial charge in [0.1, 0.15) is 18.3 Å². The highest BCUT2D eigenvalue weighted by molar-refractivity contribution is 7.99. The number of thioether (sulfide) groups is 1. The maximum Gasteiger partial charge on any atom is 0.263 e. The SMILES string of the molecule is Cc1ccc(N2CSc3nc4c(c(=O)n3C2)C(c2ccc(Cl)cc2Cl)C(C#N)=C(N)O4)cc1. The van der Waals surface area contributed by atoms with Crippen molar-refractivity contribution in [1.29, 1.82) is 5.26 Å². The van der Waals surface area contributed by atoms with E-state index < -0.39 is 5.92 Å². The second-order valence-electron chi connectivity index (χ2n) is 7.73. The average molecular weight is 498 g/mol. The molecule has 166 valence electrons. The second-order valence-corrected chi connectivity index (χ2v) is 9.48. The molecule has 1 atom stereocenters. The van der Waals surface area contributed by atoms with Gasteiger partial charge in [-0.15, -0.1) is 0 Å². The Labute approximate surface area is 204 Å². The standard InChI is InChI=1S/C23H17Cl2N5O2S/c1-12-2-5-14(6-3-12)29-10-30-22(31)19-18(15-7-4-13(24)8-17(15)25)16(9-26)20(27)32-21(19)28-23(30)33-11-29/h2-8,18H,10-11,27H2,1H3. The van der Waals surface area contributed by atoms with Crippen molar-refractivity contribution >= 4 is 40.7 Å². The zero-order valence-corrected chi connectivity index (χ0v) is 19.7. The molecule has 0 radical (unpaired) electrons. The Bertz CT molecular complexity index is 1410. The molecule has 33 heavy (non-hydrogen) atoms. The Morgan fingerprint density at radius 3 is 2.70 bits per heavy atom. The van der Waals surface area contributed by atoms with Gasteiger partial charge in [-0.05, 0) is 36.8 Å². The summed E-state index contributed by atoms with van der Waals surface area (Å²) in [5.41, 5.74) is 8.75. The number of nitrogens with zero attached hydrogens (tertiary/aromatic N) is 4. The number of fused-ring (bicyclic) bond motifs is 2. The number of ether oxygens (including phenoxy) is 1. The summed E-state index contributed by atoms with van der Waals surface area (Å²) >= 11 is 14.0. The predicted molar refractivity (Wildman–Crippen MR) is 129 cm³/mol. The fourth-order valence-corrected chi connectivity index (χ4v) is 5.43. The second kappa shape index (κ2) is 8.34. The van der Waals surface area contributed by atoms with Gasteiger partial charge in [-0.25, -0.2) is 0 Å². The van der Waals surface area contributed by atoms with Crippen LogP contribution >= 0.6 is 35.0 Å². The van der Waals surface area contributed by atoms with Crippen molar-refractivity contribution < 1.29 is 4.74 Å². The zero-order chi connectivity index (χ0) is 23.3. The van der Waals surface area contributed by atoms with Crippen LogP contribution in [0, 0.1) is 18.3 Å². The van der Waals surface area contributed by atoms with E-state index in [1.165, 1.54) is 11.8 Å². The lowest BCUT2D eigenvalue weighted by atomic mass is 9.85. The minimum absolute atomic E-state index is 0.0926. The molecule has 0 bridgehead atoms. The number of nitriles is 1. The van der Waals surface area contributed by atoms with Crippen molar-refractivity contribution in [3.8, 4) is 11.9 Å². The third-order valence-corrected chi connectivity index (χ3v) is 7.21. The Balaban J connectivity index is 1.66. The van der Waals surface area contributed by atoms with Crippen LogP contribution in [0.15, 0.2) is 63.9 Å². The first kappa shape index (κ1) is 21.7. The van der Waals surface area contributed by atoms with Gasteiger partial charge in [0.2, 0.25) is 11.8 Å². The van der Waals surface area contributed by atoms with E-state index in [0.717, 1.165) is 11.3 Å². The number of aryl methyl sites for hydroxylation is 1. The van der Waals surface area contributed by atoms with Crippen LogP contribution in [0.4, 0.5) is 5.69 Å². The van der Waals surface area contributed by atoms with Gasteiger partial charge in [-0.3, -0.25) is 9.36 Å². The summed E-state index contributed by atoms with van der Waals surface area (Å²) < 4.78 is 7.22. The number of nitrogens with two attached hydrogens (primary N) is 1. The lowest BCUT2D eigenvalue weighted by molar-refractivity contribution is 0.361. The Morgan fingerprint density at radius 1 is 1.24 bits per heavy atom. The fourth-order valence-electron chi connectivity index (χ4n) is 3.96. The van der Waals surface area contributed by atoms with E-state index in [9.17, 15) is 10.1 Å². The Hall–Kier alpha value is -3.12. The van der Waals surface area contributed by atoms with E-state index in [-0.39, 0.29) is 28.5 Å². The Kier molecular flexibility index (Phi) is 5.49. The maximum absolute atomic E-state index is 13.8. The number of benzene rings is 2. The van der Waals surface area contributed by atoms with Crippen LogP contribution < -0.4 is 20.9 Å². The number of hydrogen-bond acceptors (Lipinski definition) is 7. The van der Waals surface area contributed by atoms with Gasteiger partial charge in [0.25, 0.3) is 5.56 Å². The van der Waals surface area contributed by atoms with Gasteiger partial charge in [0, 0.05) is 15.7 Å². The van der Waals surface area contributed by atoms with Crippen molar-refractivity contribution in [3.63, 3.8) is 0 Å². The number of rotatable bonds is 2. The minimum atomic E-state index is -0.818. The van der Waals surface area contributed by atoms with Crippen molar-refractivity contribution in [1.82, 2.24) is 9.55 Å². The van der Waals surface area contributed by atoms with E-state index in [1.54, 1.807) is 22.8 Å². The van der Waals surface area contributed by atoms with Crippen molar-refractivity contribution in [2.24, 2.45) is 5.73 Å². The van der Waals surface area contributed by atoms with E-state index in [1.807, 2.05) is 31.2 Å². The normalized spacial score (nSPS) is 17.2. The van der Waals surface area contributed by atoms with Gasteiger partial charge in [-0.1, -0.05) is 58.7 Å². The maximum atomic E-state index is 13.8. The first-order valence-electron chi connectivity index (χ1n) is 9.99. The number of halogens is 2. The average Bonchev–Trinajstić information content (AvgIpc) is 2.79. The molecule has 0 saturated heterocycles. The monoisotopic (exact) mass is 497 g/mol. The first-order valence-corrected chi connectivity index (χ1v) is 11.7. The molecular formula is C23H17Cl2N5O2S. The van der Waals surface area contributed by atoms with Gasteiger partial charge >= 0.3 is 0 Å². The van der Waals surface area contributed by atoms with Gasteiger partial charge in [0.15, 0.2) is 5.16 Å². The molecule has 0 fully saturated rings. The number of allylic oxidation sites excluding steroid dienone is 1. The summed E-state index contributed by atoms with van der Waals surface area (Å²) in [5, 5.41) is 11.1. The van der Waals surface area contributed by atoms with Crippen LogP contribution in [0.25, 0.3) is 0 Å². The third kappa shape index (κ3) is 3.72. The first-order chi connectivity index (χ1) is 15.9. The summed E-state index contributed by atoms with van der Waals surface area (Å²) in [7, 11) is 0. The topological polar surface area (TPSA) is 97.2 Å². The molecule has 0 saturated carbocycles. The molecule has 1 aromatic heterocycles. The third-order valence-electron chi connectivity index (χ3n) is 5.64. The molecule has 2 aliphatic rings. The number of hydrogen-bond donors (Lipinski definition) is 1. The minimum Gasteiger partial charge on any atom is -0.422 e. The van der Waals surface area contributed by atoms with Crippen molar-refractivity contribution in [2.75, 3.05) is 10.8 Å². The predicted octanol–water partition coefficient (Wildman–Crippen LogP) is 4.60. The smallest absolute Gasteiger partial charge is 0.263 e. The molecule has 7 nitrogen and oxygen atoms in total. The molecule has 0 aliphatic carbocycles. The van der Waals surface area contributed by atoms with E-state index in [2.05, 4.69) is 16.0 Å². The van der Waals surface area contributed by atoms with Gasteiger partial charge < -0.3 is 15.4 Å². The summed E-state index contributed by atoms with van der Waals surface area (Å²) in [4.78, 5) is 20.4. The highest BCUT2D eigenvalue weighted by Gasteiger charge is 2.37. The molecule has 0 amide bonds. The quantitative estimate of drug-likeness (QED) is 0.516. The molecule has 2 N–H and O–H groups in total. The van der Waals surface area contributed by atoms with Crippen LogP contribution in [0.3, 0.4) is 0 Å². The molecule has 5 rings (SSSR count). The van der Waals surface area contributed by atoms with Crippen LogP contribution in [0.2, 0.25) is 10.0 Å². The highest BCUT2D eigenvalue weighted by atomic mass is 35.5. The molecular weight excluding hydrogens is 481 g/mol. The van der Waals surface area contributed by atoms with Crippen molar-refractivity contribution in [2.45, 2.75) is 24.7 Å². The summed E-state index contributed by atoms with van der Waals surface area (Å²) in [6, 6.07) is 15.1. The molecule has 0 spiro atoms. The fraction of sp³-hybridized carbons (Fsp3) is 0.174. The van der Waals surface area contributed by atoms with Crippen LogP contribution in [0.5, 0.6) is 5.88 Å². The number of aromatic nitrogens is 2. The molecule has 3 heterocycles.